The fourth-order valence-corrected chi connectivity index (χ4v) is 4.31. The van der Waals surface area contributed by atoms with E-state index in [-0.39, 0.29) is 0 Å². The molecule has 148 valence electrons. The summed E-state index contributed by atoms with van der Waals surface area (Å²) in [5, 5.41) is 0. The topological polar surface area (TPSA) is 85.2 Å². The van der Waals surface area contributed by atoms with Gasteiger partial charge in [0.15, 0.2) is 0 Å². The van der Waals surface area contributed by atoms with Crippen molar-refractivity contribution in [2.24, 2.45) is 10.7 Å². The molecule has 1 fully saturated rings. The van der Waals surface area contributed by atoms with Crippen LogP contribution in [0.1, 0.15) is 17.4 Å². The predicted molar refractivity (Wildman–Crippen MR) is 118 cm³/mol. The van der Waals surface area contributed by atoms with Crippen molar-refractivity contribution >= 4 is 28.2 Å². The van der Waals surface area contributed by atoms with Crippen LogP contribution in [-0.2, 0) is 6.42 Å². The molecule has 0 unspecified atom stereocenters. The van der Waals surface area contributed by atoms with Crippen LogP contribution in [0.3, 0.4) is 0 Å². The van der Waals surface area contributed by atoms with Gasteiger partial charge in [0.2, 0.25) is 0 Å². The molecule has 2 aliphatic heterocycles. The van der Waals surface area contributed by atoms with Gasteiger partial charge in [-0.15, -0.1) is 0 Å². The molecule has 0 spiro atoms. The third kappa shape index (κ3) is 2.74. The summed E-state index contributed by atoms with van der Waals surface area (Å²) in [7, 11) is 0. The molecule has 2 aliphatic rings. The number of nitrogens with two attached hydrogens (primary N) is 1. The first kappa shape index (κ1) is 17.1. The smallest absolute Gasteiger partial charge is 0.105 e. The molecule has 0 amide bonds. The monoisotopic (exact) mass is 395 g/mol. The molecule has 0 atom stereocenters. The first-order chi connectivity index (χ1) is 14.6. The molecular weight excluding hydrogens is 374 g/mol. The largest absolute Gasteiger partial charge is 0.387 e. The van der Waals surface area contributed by atoms with E-state index in [9.17, 15) is 0 Å². The highest BCUT2D eigenvalue weighted by Crippen LogP contribution is 2.33. The maximum absolute atomic E-state index is 5.88. The number of anilines is 1. The second-order valence-electron chi connectivity index (χ2n) is 7.99. The molecule has 0 radical (unpaired) electrons. The summed E-state index contributed by atoms with van der Waals surface area (Å²) in [6.07, 6.45) is 6.58. The molecule has 3 aromatic heterocycles. The van der Waals surface area contributed by atoms with Crippen LogP contribution in [0.25, 0.3) is 22.3 Å². The van der Waals surface area contributed by atoms with Crippen LogP contribution in [0.15, 0.2) is 60.0 Å². The Kier molecular flexibility index (Phi) is 3.65. The Morgan fingerprint density at radius 1 is 1.03 bits per heavy atom. The van der Waals surface area contributed by atoms with Gasteiger partial charge in [0.25, 0.3) is 0 Å². The Labute approximate surface area is 173 Å². The average Bonchev–Trinajstić information content (AvgIpc) is 3.30. The number of imidazole rings is 1. The zero-order valence-corrected chi connectivity index (χ0v) is 16.7. The fraction of sp³-hybridized carbons (Fsp3) is 0.217. The first-order valence-electron chi connectivity index (χ1n) is 10.1. The third-order valence-corrected chi connectivity index (χ3v) is 6.02. The quantitative estimate of drug-likeness (QED) is 0.575. The van der Waals surface area contributed by atoms with Gasteiger partial charge < -0.3 is 15.2 Å². The summed E-state index contributed by atoms with van der Waals surface area (Å²) in [6.45, 7) is 3.95. The molecule has 0 bridgehead atoms. The fourth-order valence-electron chi connectivity index (χ4n) is 4.31. The lowest BCUT2D eigenvalue weighted by Gasteiger charge is -2.41. The number of nitrogens with zero attached hydrogens (tertiary/aromatic N) is 6. The van der Waals surface area contributed by atoms with Crippen molar-refractivity contribution in [1.82, 2.24) is 19.5 Å². The van der Waals surface area contributed by atoms with Crippen LogP contribution in [-0.4, -0.2) is 38.4 Å². The number of aryl methyl sites for hydroxylation is 1. The van der Waals surface area contributed by atoms with Crippen LogP contribution < -0.4 is 10.6 Å². The molecule has 7 heteroatoms. The number of rotatable bonds is 3. The van der Waals surface area contributed by atoms with Gasteiger partial charge in [0, 0.05) is 37.5 Å². The molecule has 7 nitrogen and oxygen atoms in total. The summed E-state index contributed by atoms with van der Waals surface area (Å²) in [5.74, 6) is 1.73. The Balaban J connectivity index is 1.29. The van der Waals surface area contributed by atoms with E-state index in [0.29, 0.717) is 11.9 Å². The highest BCUT2D eigenvalue weighted by Gasteiger charge is 2.29. The number of fused-ring (bicyclic) bond motifs is 2. The van der Waals surface area contributed by atoms with Crippen LogP contribution in [0, 0.1) is 6.92 Å². The zero-order valence-electron chi connectivity index (χ0n) is 16.7. The maximum Gasteiger partial charge on any atom is 0.105 e. The van der Waals surface area contributed by atoms with Crippen molar-refractivity contribution in [2.45, 2.75) is 19.4 Å². The van der Waals surface area contributed by atoms with Crippen molar-refractivity contribution in [2.75, 3.05) is 18.0 Å². The second-order valence-corrected chi connectivity index (χ2v) is 7.99. The summed E-state index contributed by atoms with van der Waals surface area (Å²) in [5.41, 5.74) is 12.8. The summed E-state index contributed by atoms with van der Waals surface area (Å²) in [4.78, 5) is 20.6. The van der Waals surface area contributed by atoms with Gasteiger partial charge in [-0.2, -0.15) is 0 Å². The van der Waals surface area contributed by atoms with Crippen molar-refractivity contribution in [1.29, 1.82) is 0 Å². The minimum Gasteiger partial charge on any atom is -0.387 e. The lowest BCUT2D eigenvalue weighted by molar-refractivity contribution is 0.393. The van der Waals surface area contributed by atoms with Crippen molar-refractivity contribution in [3.05, 3.63) is 66.4 Å². The van der Waals surface area contributed by atoms with E-state index >= 15 is 0 Å². The Bertz CT molecular complexity index is 1310. The highest BCUT2D eigenvalue weighted by atomic mass is 15.3. The summed E-state index contributed by atoms with van der Waals surface area (Å²) < 4.78 is 2.24. The summed E-state index contributed by atoms with van der Waals surface area (Å²) in [6, 6.07) is 12.9. The Morgan fingerprint density at radius 3 is 2.77 bits per heavy atom. The SMILES string of the molecule is Cc1nccn1C1CN(c2cnc3ccc(-c4ccc5c(c4)N=C(N)C5)nc3c2)C1. The van der Waals surface area contributed by atoms with Gasteiger partial charge in [-0.1, -0.05) is 12.1 Å². The van der Waals surface area contributed by atoms with E-state index in [1.807, 2.05) is 31.5 Å². The molecule has 1 aromatic carbocycles. The van der Waals surface area contributed by atoms with Crippen molar-refractivity contribution in [3.63, 3.8) is 0 Å². The van der Waals surface area contributed by atoms with Crippen LogP contribution in [0.4, 0.5) is 11.4 Å². The lowest BCUT2D eigenvalue weighted by atomic mass is 10.1. The molecule has 1 saturated heterocycles. The number of aliphatic imine (C=N–C) groups is 1. The Morgan fingerprint density at radius 2 is 1.93 bits per heavy atom. The van der Waals surface area contributed by atoms with Gasteiger partial charge >= 0.3 is 0 Å². The minimum absolute atomic E-state index is 0.460. The van der Waals surface area contributed by atoms with E-state index in [1.165, 1.54) is 5.56 Å². The maximum atomic E-state index is 5.88. The van der Waals surface area contributed by atoms with E-state index in [1.54, 1.807) is 0 Å². The standard InChI is InChI=1S/C23H21N7/c1-14-25-6-7-30(14)18-12-29(13-18)17-10-22-20(26-11-17)5-4-19(27-22)15-2-3-16-9-23(24)28-21(16)8-15/h2-8,10-11,18H,9,12-13H2,1H3,(H2,24,28). The van der Waals surface area contributed by atoms with Crippen LogP contribution in [0.2, 0.25) is 0 Å². The summed E-state index contributed by atoms with van der Waals surface area (Å²) >= 11 is 0. The number of pyridine rings is 2. The molecule has 0 saturated carbocycles. The molecular formula is C23H21N7. The first-order valence-corrected chi connectivity index (χ1v) is 10.1. The van der Waals surface area contributed by atoms with Gasteiger partial charge in [0.05, 0.1) is 40.3 Å². The van der Waals surface area contributed by atoms with Gasteiger partial charge in [-0.05, 0) is 36.8 Å². The van der Waals surface area contributed by atoms with Crippen LogP contribution >= 0.6 is 0 Å². The third-order valence-electron chi connectivity index (χ3n) is 6.02. The van der Waals surface area contributed by atoms with Crippen molar-refractivity contribution < 1.29 is 0 Å². The van der Waals surface area contributed by atoms with Gasteiger partial charge in [0.1, 0.15) is 11.7 Å². The predicted octanol–water partition coefficient (Wildman–Crippen LogP) is 3.41. The number of aromatic nitrogens is 4. The van der Waals surface area contributed by atoms with E-state index in [4.69, 9.17) is 10.7 Å². The second kappa shape index (κ2) is 6.38. The number of amidine groups is 1. The molecule has 4 aromatic rings. The molecule has 5 heterocycles. The molecule has 2 N–H and O–H groups in total. The lowest BCUT2D eigenvalue weighted by Crippen LogP contribution is -2.48. The number of hydrogen-bond acceptors (Lipinski definition) is 6. The number of hydrogen-bond donors (Lipinski definition) is 1. The van der Waals surface area contributed by atoms with E-state index in [0.717, 1.165) is 59.0 Å². The molecule has 6 rings (SSSR count). The molecule has 0 aliphatic carbocycles. The normalized spacial score (nSPS) is 15.9. The zero-order chi connectivity index (χ0) is 20.2. The van der Waals surface area contributed by atoms with Crippen LogP contribution in [0.5, 0.6) is 0 Å². The molecule has 30 heavy (non-hydrogen) atoms. The highest BCUT2D eigenvalue weighted by molar-refractivity contribution is 5.92. The van der Waals surface area contributed by atoms with Gasteiger partial charge in [-0.25, -0.2) is 15.0 Å². The van der Waals surface area contributed by atoms with Crippen molar-refractivity contribution in [3.8, 4) is 11.3 Å². The average molecular weight is 395 g/mol. The number of benzene rings is 1. The minimum atomic E-state index is 0.460. The van der Waals surface area contributed by atoms with E-state index in [2.05, 4.69) is 54.9 Å². The Hall–Kier alpha value is -3.74. The van der Waals surface area contributed by atoms with Gasteiger partial charge in [-0.3, -0.25) is 4.98 Å². The van der Waals surface area contributed by atoms with E-state index < -0.39 is 0 Å².